The number of hydrogen-bond donors (Lipinski definition) is 2. The van der Waals surface area contributed by atoms with Gasteiger partial charge in [0.25, 0.3) is 0 Å². The molecule has 0 aliphatic carbocycles. The van der Waals surface area contributed by atoms with Crippen LogP contribution >= 0.6 is 0 Å². The fourth-order valence-corrected chi connectivity index (χ4v) is 3.16. The third-order valence-corrected chi connectivity index (χ3v) is 4.58. The maximum Gasteiger partial charge on any atom is 0.322 e. The van der Waals surface area contributed by atoms with Gasteiger partial charge in [-0.1, -0.05) is 30.3 Å². The molecule has 2 aromatic rings. The number of anilines is 1. The third-order valence-electron chi connectivity index (χ3n) is 4.58. The summed E-state index contributed by atoms with van der Waals surface area (Å²) in [5.41, 5.74) is 0.955. The van der Waals surface area contributed by atoms with E-state index in [0.29, 0.717) is 30.0 Å². The largest absolute Gasteiger partial charge is 0.495 e. The van der Waals surface area contributed by atoms with Crippen LogP contribution in [0.1, 0.15) is 18.4 Å². The second-order valence-corrected chi connectivity index (χ2v) is 6.29. The number of nitrogens with zero attached hydrogens (tertiary/aromatic N) is 1. The molecule has 1 atom stereocenters. The zero-order valence-corrected chi connectivity index (χ0v) is 15.1. The van der Waals surface area contributed by atoms with Crippen molar-refractivity contribution in [2.24, 2.45) is 0 Å². The Morgan fingerprint density at radius 2 is 1.93 bits per heavy atom. The molecule has 7 heteroatoms. The van der Waals surface area contributed by atoms with Crippen molar-refractivity contribution < 1.29 is 18.7 Å². The predicted molar refractivity (Wildman–Crippen MR) is 100.0 cm³/mol. The first-order chi connectivity index (χ1) is 13.1. The number of amides is 3. The molecule has 0 aromatic heterocycles. The van der Waals surface area contributed by atoms with Crippen molar-refractivity contribution in [2.45, 2.75) is 25.4 Å². The Morgan fingerprint density at radius 1 is 1.19 bits per heavy atom. The highest BCUT2D eigenvalue weighted by molar-refractivity contribution is 5.95. The maximum absolute atomic E-state index is 13.7. The molecular formula is C20H22FN3O3. The van der Waals surface area contributed by atoms with Gasteiger partial charge in [-0.2, -0.15) is 0 Å². The zero-order valence-electron chi connectivity index (χ0n) is 15.1. The summed E-state index contributed by atoms with van der Waals surface area (Å²) in [6.07, 6.45) is 1.31. The van der Waals surface area contributed by atoms with E-state index in [1.165, 1.54) is 18.1 Å². The van der Waals surface area contributed by atoms with E-state index < -0.39 is 6.04 Å². The number of urea groups is 1. The number of likely N-dealkylation sites (tertiary alicyclic amines) is 1. The Hall–Kier alpha value is -3.09. The lowest BCUT2D eigenvalue weighted by Gasteiger charge is -2.24. The highest BCUT2D eigenvalue weighted by Crippen LogP contribution is 2.25. The number of para-hydroxylation sites is 2. The molecule has 142 valence electrons. The van der Waals surface area contributed by atoms with Gasteiger partial charge in [-0.15, -0.1) is 0 Å². The lowest BCUT2D eigenvalue weighted by atomic mass is 10.2. The number of hydrogen-bond acceptors (Lipinski definition) is 3. The van der Waals surface area contributed by atoms with E-state index in [-0.39, 0.29) is 24.3 Å². The topological polar surface area (TPSA) is 70.7 Å². The fourth-order valence-electron chi connectivity index (χ4n) is 3.16. The molecule has 0 unspecified atom stereocenters. The first-order valence-corrected chi connectivity index (χ1v) is 8.82. The van der Waals surface area contributed by atoms with E-state index in [1.54, 1.807) is 36.4 Å². The monoisotopic (exact) mass is 371 g/mol. The molecule has 1 fully saturated rings. The molecule has 1 heterocycles. The van der Waals surface area contributed by atoms with Crippen molar-refractivity contribution in [1.29, 1.82) is 0 Å². The molecule has 0 spiro atoms. The minimum atomic E-state index is -0.577. The van der Waals surface area contributed by atoms with Gasteiger partial charge in [0, 0.05) is 18.7 Å². The second-order valence-electron chi connectivity index (χ2n) is 6.29. The average Bonchev–Trinajstić information content (AvgIpc) is 3.17. The Labute approximate surface area is 157 Å². The number of methoxy groups -OCH3 is 1. The van der Waals surface area contributed by atoms with Crippen molar-refractivity contribution in [3.63, 3.8) is 0 Å². The van der Waals surface area contributed by atoms with Crippen molar-refractivity contribution in [3.05, 3.63) is 59.9 Å². The zero-order chi connectivity index (χ0) is 19.2. The number of carbonyl (C=O) groups is 2. The summed E-state index contributed by atoms with van der Waals surface area (Å²) in [4.78, 5) is 26.7. The minimum Gasteiger partial charge on any atom is -0.495 e. The first-order valence-electron chi connectivity index (χ1n) is 8.82. The number of rotatable bonds is 5. The summed E-state index contributed by atoms with van der Waals surface area (Å²) in [5, 5.41) is 5.52. The van der Waals surface area contributed by atoms with Gasteiger partial charge in [-0.25, -0.2) is 9.18 Å². The van der Waals surface area contributed by atoms with Gasteiger partial charge >= 0.3 is 6.03 Å². The van der Waals surface area contributed by atoms with Crippen molar-refractivity contribution in [2.75, 3.05) is 19.0 Å². The van der Waals surface area contributed by atoms with Crippen LogP contribution in [0.15, 0.2) is 48.5 Å². The number of nitrogens with one attached hydrogen (secondary N) is 2. The van der Waals surface area contributed by atoms with Crippen LogP contribution in [0.25, 0.3) is 0 Å². The number of benzene rings is 2. The number of ether oxygens (including phenoxy) is 1. The van der Waals surface area contributed by atoms with Crippen LogP contribution in [0.5, 0.6) is 5.75 Å². The van der Waals surface area contributed by atoms with Crippen LogP contribution in [0.3, 0.4) is 0 Å². The van der Waals surface area contributed by atoms with Gasteiger partial charge in [-0.3, -0.25) is 4.79 Å². The highest BCUT2D eigenvalue weighted by atomic mass is 19.1. The number of carbonyl (C=O) groups excluding carboxylic acids is 2. The van der Waals surface area contributed by atoms with Crippen LogP contribution in [-0.4, -0.2) is 36.5 Å². The highest BCUT2D eigenvalue weighted by Gasteiger charge is 2.34. The minimum absolute atomic E-state index is 0.0873. The van der Waals surface area contributed by atoms with Gasteiger partial charge < -0.3 is 20.3 Å². The Balaban J connectivity index is 1.63. The van der Waals surface area contributed by atoms with Crippen LogP contribution < -0.4 is 15.4 Å². The summed E-state index contributed by atoms with van der Waals surface area (Å²) >= 11 is 0. The van der Waals surface area contributed by atoms with Gasteiger partial charge in [0.2, 0.25) is 5.91 Å². The summed E-state index contributed by atoms with van der Waals surface area (Å²) < 4.78 is 18.9. The van der Waals surface area contributed by atoms with E-state index in [2.05, 4.69) is 10.6 Å². The molecule has 3 rings (SSSR count). The van der Waals surface area contributed by atoms with Crippen LogP contribution in [0.2, 0.25) is 0 Å². The van der Waals surface area contributed by atoms with E-state index in [9.17, 15) is 14.0 Å². The van der Waals surface area contributed by atoms with E-state index >= 15 is 0 Å². The molecule has 6 nitrogen and oxygen atoms in total. The smallest absolute Gasteiger partial charge is 0.322 e. The second kappa shape index (κ2) is 8.53. The molecule has 0 radical (unpaired) electrons. The fraction of sp³-hybridized carbons (Fsp3) is 0.300. The standard InChI is InChI=1S/C20H22FN3O3/c1-27-18-11-5-4-9-16(18)23-20(26)24-12-6-10-17(24)19(25)22-13-14-7-2-3-8-15(14)21/h2-5,7-9,11,17H,6,10,12-13H2,1H3,(H,22,25)(H,23,26)/t17-/m1/s1. The lowest BCUT2D eigenvalue weighted by Crippen LogP contribution is -2.47. The molecule has 1 aliphatic heterocycles. The van der Waals surface area contributed by atoms with Gasteiger partial charge in [0.15, 0.2) is 0 Å². The molecule has 1 saturated heterocycles. The van der Waals surface area contributed by atoms with E-state index in [4.69, 9.17) is 4.74 Å². The van der Waals surface area contributed by atoms with Crippen molar-refractivity contribution in [1.82, 2.24) is 10.2 Å². The normalized spacial score (nSPS) is 16.1. The molecule has 0 saturated carbocycles. The van der Waals surface area contributed by atoms with Crippen LogP contribution in [-0.2, 0) is 11.3 Å². The van der Waals surface area contributed by atoms with E-state index in [0.717, 1.165) is 6.42 Å². The lowest BCUT2D eigenvalue weighted by molar-refractivity contribution is -0.124. The first kappa shape index (κ1) is 18.7. The SMILES string of the molecule is COc1ccccc1NC(=O)N1CCC[C@@H]1C(=O)NCc1ccccc1F. The molecule has 27 heavy (non-hydrogen) atoms. The van der Waals surface area contributed by atoms with E-state index in [1.807, 2.05) is 6.07 Å². The summed E-state index contributed by atoms with van der Waals surface area (Å²) in [5.74, 6) is -0.105. The van der Waals surface area contributed by atoms with Gasteiger partial charge in [0.05, 0.1) is 12.8 Å². The summed E-state index contributed by atoms with van der Waals surface area (Å²) in [6, 6.07) is 12.4. The Kier molecular flexibility index (Phi) is 5.90. The Morgan fingerprint density at radius 3 is 2.70 bits per heavy atom. The van der Waals surface area contributed by atoms with Crippen molar-refractivity contribution in [3.8, 4) is 5.75 Å². The summed E-state index contributed by atoms with van der Waals surface area (Å²) in [6.45, 7) is 0.572. The molecule has 2 aromatic carbocycles. The quantitative estimate of drug-likeness (QED) is 0.848. The molecular weight excluding hydrogens is 349 g/mol. The van der Waals surface area contributed by atoms with Gasteiger partial charge in [-0.05, 0) is 31.0 Å². The summed E-state index contributed by atoms with van der Waals surface area (Å²) in [7, 11) is 1.53. The van der Waals surface area contributed by atoms with Crippen molar-refractivity contribution >= 4 is 17.6 Å². The predicted octanol–water partition coefficient (Wildman–Crippen LogP) is 3.15. The third kappa shape index (κ3) is 4.36. The Bertz CT molecular complexity index is 828. The molecule has 1 aliphatic rings. The molecule has 0 bridgehead atoms. The maximum atomic E-state index is 13.7. The molecule has 3 amide bonds. The average molecular weight is 371 g/mol. The van der Waals surface area contributed by atoms with Gasteiger partial charge in [0.1, 0.15) is 17.6 Å². The molecule has 2 N–H and O–H groups in total. The number of halogens is 1. The van der Waals surface area contributed by atoms with Crippen LogP contribution in [0, 0.1) is 5.82 Å². The van der Waals surface area contributed by atoms with Crippen LogP contribution in [0.4, 0.5) is 14.9 Å².